The number of rotatable bonds is 3. The summed E-state index contributed by atoms with van der Waals surface area (Å²) >= 11 is 0. The van der Waals surface area contributed by atoms with E-state index < -0.39 is 0 Å². The average molecular weight is 279 g/mol. The van der Waals surface area contributed by atoms with Gasteiger partial charge in [-0.25, -0.2) is 4.98 Å². The zero-order valence-electron chi connectivity index (χ0n) is 11.4. The van der Waals surface area contributed by atoms with Crippen molar-refractivity contribution in [2.45, 2.75) is 6.92 Å². The highest BCUT2D eigenvalue weighted by atomic mass is 16.2. The Morgan fingerprint density at radius 2 is 1.95 bits per heavy atom. The van der Waals surface area contributed by atoms with Crippen LogP contribution < -0.4 is 5.32 Å². The van der Waals surface area contributed by atoms with Gasteiger partial charge in [0, 0.05) is 23.6 Å². The lowest BCUT2D eigenvalue weighted by atomic mass is 10.1. The summed E-state index contributed by atoms with van der Waals surface area (Å²) in [5, 5.41) is 2.80. The van der Waals surface area contributed by atoms with E-state index in [1.54, 1.807) is 53.2 Å². The average Bonchev–Trinajstić information content (AvgIpc) is 2.95. The molecule has 0 unspecified atom stereocenters. The number of carbonyl (C=O) groups is 2. The van der Waals surface area contributed by atoms with Crippen molar-refractivity contribution in [2.24, 2.45) is 0 Å². The fraction of sp³-hybridized carbons (Fsp3) is 0.0625. The summed E-state index contributed by atoms with van der Waals surface area (Å²) in [7, 11) is 0. The number of hydrogen-bond acceptors (Lipinski definition) is 3. The van der Waals surface area contributed by atoms with Gasteiger partial charge in [0.1, 0.15) is 11.3 Å². The molecule has 0 aliphatic heterocycles. The highest BCUT2D eigenvalue weighted by Gasteiger charge is 2.11. The zero-order valence-corrected chi connectivity index (χ0v) is 11.4. The monoisotopic (exact) mass is 279 g/mol. The summed E-state index contributed by atoms with van der Waals surface area (Å²) in [4.78, 5) is 27.9. The number of nitrogens with zero attached hydrogens (tertiary/aromatic N) is 2. The smallest absolute Gasteiger partial charge is 0.272 e. The molecule has 104 valence electrons. The van der Waals surface area contributed by atoms with Crippen LogP contribution in [-0.2, 0) is 0 Å². The molecule has 0 bridgehead atoms. The summed E-state index contributed by atoms with van der Waals surface area (Å²) in [5.74, 6) is -0.290. The van der Waals surface area contributed by atoms with Gasteiger partial charge in [-0.1, -0.05) is 18.2 Å². The van der Waals surface area contributed by atoms with Gasteiger partial charge < -0.3 is 5.32 Å². The number of carbonyl (C=O) groups excluding carboxylic acids is 2. The fourth-order valence-corrected chi connectivity index (χ4v) is 2.14. The number of Topliss-reactive ketones (excluding diaryl/α,β-unsaturated/α-hetero) is 1. The molecule has 0 saturated heterocycles. The molecule has 0 radical (unpaired) electrons. The van der Waals surface area contributed by atoms with Gasteiger partial charge in [-0.05, 0) is 31.2 Å². The van der Waals surface area contributed by atoms with Gasteiger partial charge in [-0.2, -0.15) is 0 Å². The Balaban J connectivity index is 1.91. The van der Waals surface area contributed by atoms with Crippen LogP contribution in [0.25, 0.3) is 5.65 Å². The predicted molar refractivity (Wildman–Crippen MR) is 79.6 cm³/mol. The standard InChI is InChI=1S/C16H13N3O2/c1-11(20)12-4-2-5-13(10-12)18-16(21)14-6-3-7-15-17-8-9-19(14)15/h2-10H,1H3,(H,18,21). The molecule has 0 fully saturated rings. The molecule has 0 aliphatic carbocycles. The highest BCUT2D eigenvalue weighted by Crippen LogP contribution is 2.13. The van der Waals surface area contributed by atoms with E-state index in [-0.39, 0.29) is 11.7 Å². The van der Waals surface area contributed by atoms with Crippen molar-refractivity contribution in [1.29, 1.82) is 0 Å². The molecule has 0 spiro atoms. The van der Waals surface area contributed by atoms with Crippen LogP contribution in [-0.4, -0.2) is 21.1 Å². The molecule has 2 aromatic heterocycles. The molecule has 0 atom stereocenters. The van der Waals surface area contributed by atoms with Gasteiger partial charge in [0.05, 0.1) is 0 Å². The van der Waals surface area contributed by atoms with Crippen molar-refractivity contribution in [1.82, 2.24) is 9.38 Å². The predicted octanol–water partition coefficient (Wildman–Crippen LogP) is 2.79. The number of pyridine rings is 1. The molecule has 1 N–H and O–H groups in total. The molecule has 1 amide bonds. The third kappa shape index (κ3) is 2.53. The fourth-order valence-electron chi connectivity index (χ4n) is 2.14. The van der Waals surface area contributed by atoms with E-state index in [0.717, 1.165) is 0 Å². The van der Waals surface area contributed by atoms with Gasteiger partial charge in [0.25, 0.3) is 5.91 Å². The number of benzene rings is 1. The molecule has 3 rings (SSSR count). The summed E-state index contributed by atoms with van der Waals surface area (Å²) < 4.78 is 1.71. The summed E-state index contributed by atoms with van der Waals surface area (Å²) in [5.41, 5.74) is 2.34. The Morgan fingerprint density at radius 1 is 1.14 bits per heavy atom. The Labute approximate surface area is 121 Å². The molecule has 3 aromatic rings. The maximum atomic E-state index is 12.4. The van der Waals surface area contributed by atoms with E-state index in [1.165, 1.54) is 6.92 Å². The molecule has 5 heteroatoms. The van der Waals surface area contributed by atoms with E-state index in [0.29, 0.717) is 22.6 Å². The first-order valence-electron chi connectivity index (χ1n) is 6.49. The van der Waals surface area contributed by atoms with E-state index in [2.05, 4.69) is 10.3 Å². The number of aromatic nitrogens is 2. The number of amides is 1. The Bertz CT molecular complexity index is 836. The number of hydrogen-bond donors (Lipinski definition) is 1. The number of anilines is 1. The number of ketones is 1. The van der Waals surface area contributed by atoms with Crippen LogP contribution in [0.1, 0.15) is 27.8 Å². The van der Waals surface area contributed by atoms with Crippen LogP contribution in [0.3, 0.4) is 0 Å². The van der Waals surface area contributed by atoms with Crippen molar-refractivity contribution in [3.05, 3.63) is 66.1 Å². The Morgan fingerprint density at radius 3 is 2.76 bits per heavy atom. The van der Waals surface area contributed by atoms with Crippen molar-refractivity contribution >= 4 is 23.0 Å². The molecule has 21 heavy (non-hydrogen) atoms. The number of fused-ring (bicyclic) bond motifs is 1. The third-order valence-corrected chi connectivity index (χ3v) is 3.19. The van der Waals surface area contributed by atoms with E-state index in [9.17, 15) is 9.59 Å². The second-order valence-electron chi connectivity index (χ2n) is 4.66. The zero-order chi connectivity index (χ0) is 14.8. The largest absolute Gasteiger partial charge is 0.321 e. The van der Waals surface area contributed by atoms with Crippen LogP contribution in [0.2, 0.25) is 0 Å². The van der Waals surface area contributed by atoms with E-state index >= 15 is 0 Å². The second kappa shape index (κ2) is 5.20. The highest BCUT2D eigenvalue weighted by molar-refractivity contribution is 6.04. The molecule has 0 saturated carbocycles. The molecule has 2 heterocycles. The van der Waals surface area contributed by atoms with Crippen molar-refractivity contribution < 1.29 is 9.59 Å². The number of nitrogens with one attached hydrogen (secondary N) is 1. The lowest BCUT2D eigenvalue weighted by Crippen LogP contribution is -2.15. The van der Waals surface area contributed by atoms with Gasteiger partial charge in [-0.3, -0.25) is 14.0 Å². The van der Waals surface area contributed by atoms with Gasteiger partial charge in [0.15, 0.2) is 5.78 Å². The molecule has 1 aromatic carbocycles. The number of imidazole rings is 1. The maximum absolute atomic E-state index is 12.4. The van der Waals surface area contributed by atoms with Gasteiger partial charge in [0.2, 0.25) is 0 Å². The topological polar surface area (TPSA) is 63.5 Å². The third-order valence-electron chi connectivity index (χ3n) is 3.19. The maximum Gasteiger partial charge on any atom is 0.272 e. The molecule has 5 nitrogen and oxygen atoms in total. The minimum Gasteiger partial charge on any atom is -0.321 e. The Kier molecular flexibility index (Phi) is 3.23. The van der Waals surface area contributed by atoms with Gasteiger partial charge >= 0.3 is 0 Å². The Hall–Kier alpha value is -2.95. The summed E-state index contributed by atoms with van der Waals surface area (Å²) in [6.07, 6.45) is 3.37. The van der Waals surface area contributed by atoms with E-state index in [1.807, 2.05) is 6.07 Å². The van der Waals surface area contributed by atoms with Crippen LogP contribution in [0.15, 0.2) is 54.9 Å². The lowest BCUT2D eigenvalue weighted by molar-refractivity contribution is 0.100. The summed E-state index contributed by atoms with van der Waals surface area (Å²) in [6.45, 7) is 1.49. The minimum absolute atomic E-state index is 0.0391. The van der Waals surface area contributed by atoms with Crippen LogP contribution in [0, 0.1) is 0 Å². The van der Waals surface area contributed by atoms with Crippen molar-refractivity contribution in [3.63, 3.8) is 0 Å². The van der Waals surface area contributed by atoms with Crippen LogP contribution >= 0.6 is 0 Å². The first kappa shape index (κ1) is 13.1. The normalized spacial score (nSPS) is 10.5. The molecule has 0 aliphatic rings. The summed E-state index contributed by atoms with van der Waals surface area (Å²) in [6, 6.07) is 12.2. The van der Waals surface area contributed by atoms with Crippen molar-refractivity contribution in [3.8, 4) is 0 Å². The van der Waals surface area contributed by atoms with Crippen LogP contribution in [0.5, 0.6) is 0 Å². The second-order valence-corrected chi connectivity index (χ2v) is 4.66. The quantitative estimate of drug-likeness (QED) is 0.750. The van der Waals surface area contributed by atoms with Gasteiger partial charge in [-0.15, -0.1) is 0 Å². The molecular weight excluding hydrogens is 266 g/mol. The lowest BCUT2D eigenvalue weighted by Gasteiger charge is -2.08. The SMILES string of the molecule is CC(=O)c1cccc(NC(=O)c2cccc3nccn23)c1. The minimum atomic E-state index is -0.251. The first-order chi connectivity index (χ1) is 10.1. The first-order valence-corrected chi connectivity index (χ1v) is 6.49. The van der Waals surface area contributed by atoms with Crippen LogP contribution in [0.4, 0.5) is 5.69 Å². The van der Waals surface area contributed by atoms with E-state index in [4.69, 9.17) is 0 Å². The van der Waals surface area contributed by atoms with Crippen molar-refractivity contribution in [2.75, 3.05) is 5.32 Å². The molecular formula is C16H13N3O2.